The molecule has 0 atom stereocenters. The molecule has 21 heavy (non-hydrogen) atoms. The Morgan fingerprint density at radius 2 is 1.95 bits per heavy atom. The summed E-state index contributed by atoms with van der Waals surface area (Å²) in [4.78, 5) is 0.351. The zero-order chi connectivity index (χ0) is 15.1. The van der Waals surface area contributed by atoms with E-state index in [1.54, 1.807) is 12.1 Å². The highest BCUT2D eigenvalue weighted by Crippen LogP contribution is 2.24. The van der Waals surface area contributed by atoms with E-state index in [9.17, 15) is 8.42 Å². The average molecular weight is 329 g/mol. The molecule has 0 spiro atoms. The van der Waals surface area contributed by atoms with Crippen molar-refractivity contribution < 1.29 is 8.42 Å². The Kier molecular flexibility index (Phi) is 6.39. The normalized spacial score (nSPS) is 16.8. The van der Waals surface area contributed by atoms with Gasteiger partial charge in [0.05, 0.1) is 5.69 Å². The standard InChI is InChI=1S/C15H24N2O2S2/c1-2-9-16-14-5-3-4-6-15(14)21(18,19)17-12-13-7-10-20-11-8-13/h3-6,13,16-17H,2,7-12H2,1H3. The molecule has 2 N–H and O–H groups in total. The summed E-state index contributed by atoms with van der Waals surface area (Å²) in [6.45, 7) is 3.38. The van der Waals surface area contributed by atoms with Gasteiger partial charge in [-0.1, -0.05) is 19.1 Å². The quantitative estimate of drug-likeness (QED) is 0.808. The van der Waals surface area contributed by atoms with E-state index >= 15 is 0 Å². The van der Waals surface area contributed by atoms with Gasteiger partial charge in [0.2, 0.25) is 10.0 Å². The summed E-state index contributed by atoms with van der Waals surface area (Å²) in [7, 11) is -3.44. The van der Waals surface area contributed by atoms with Crippen LogP contribution >= 0.6 is 11.8 Å². The van der Waals surface area contributed by atoms with Gasteiger partial charge in [-0.2, -0.15) is 11.8 Å². The topological polar surface area (TPSA) is 58.2 Å². The van der Waals surface area contributed by atoms with Crippen LogP contribution in [0.3, 0.4) is 0 Å². The van der Waals surface area contributed by atoms with E-state index in [0.29, 0.717) is 23.0 Å². The summed E-state index contributed by atoms with van der Waals surface area (Å²) in [6, 6.07) is 7.11. The summed E-state index contributed by atoms with van der Waals surface area (Å²) in [6.07, 6.45) is 3.16. The maximum Gasteiger partial charge on any atom is 0.242 e. The van der Waals surface area contributed by atoms with Crippen LogP contribution in [0.5, 0.6) is 0 Å². The molecule has 1 heterocycles. The number of hydrogen-bond donors (Lipinski definition) is 2. The number of nitrogens with one attached hydrogen (secondary N) is 2. The van der Waals surface area contributed by atoms with E-state index in [0.717, 1.165) is 37.3 Å². The van der Waals surface area contributed by atoms with Crippen molar-refractivity contribution in [3.63, 3.8) is 0 Å². The van der Waals surface area contributed by atoms with Gasteiger partial charge >= 0.3 is 0 Å². The highest BCUT2D eigenvalue weighted by molar-refractivity contribution is 7.99. The molecule has 0 saturated carbocycles. The molecule has 6 heteroatoms. The minimum atomic E-state index is -3.44. The van der Waals surface area contributed by atoms with Crippen LogP contribution in [0.25, 0.3) is 0 Å². The number of sulfonamides is 1. The second-order valence-corrected chi connectivity index (χ2v) is 8.29. The van der Waals surface area contributed by atoms with Crippen molar-refractivity contribution in [1.82, 2.24) is 4.72 Å². The minimum absolute atomic E-state index is 0.351. The van der Waals surface area contributed by atoms with Crippen molar-refractivity contribution in [3.05, 3.63) is 24.3 Å². The zero-order valence-corrected chi connectivity index (χ0v) is 14.1. The molecule has 4 nitrogen and oxygen atoms in total. The predicted molar refractivity (Wildman–Crippen MR) is 90.5 cm³/mol. The summed E-state index contributed by atoms with van der Waals surface area (Å²) in [5, 5.41) is 3.18. The molecule has 1 aromatic carbocycles. The molecule has 2 rings (SSSR count). The summed E-state index contributed by atoms with van der Waals surface area (Å²) < 4.78 is 27.8. The Morgan fingerprint density at radius 3 is 2.67 bits per heavy atom. The molecule has 0 aromatic heterocycles. The van der Waals surface area contributed by atoms with Gasteiger partial charge in [0.1, 0.15) is 4.90 Å². The molecular formula is C15H24N2O2S2. The molecule has 0 aliphatic carbocycles. The van der Waals surface area contributed by atoms with E-state index in [2.05, 4.69) is 17.0 Å². The molecule has 0 amide bonds. The van der Waals surface area contributed by atoms with E-state index in [4.69, 9.17) is 0 Å². The third kappa shape index (κ3) is 4.90. The van der Waals surface area contributed by atoms with Crippen molar-refractivity contribution in [3.8, 4) is 0 Å². The number of rotatable bonds is 7. The number of para-hydroxylation sites is 1. The largest absolute Gasteiger partial charge is 0.384 e. The van der Waals surface area contributed by atoms with Crippen LogP contribution in [0.4, 0.5) is 5.69 Å². The first-order valence-electron chi connectivity index (χ1n) is 7.54. The molecule has 1 fully saturated rings. The molecular weight excluding hydrogens is 304 g/mol. The van der Waals surface area contributed by atoms with Crippen molar-refractivity contribution in [1.29, 1.82) is 0 Å². The van der Waals surface area contributed by atoms with E-state index in [1.807, 2.05) is 23.9 Å². The lowest BCUT2D eigenvalue weighted by Gasteiger charge is -2.22. The SMILES string of the molecule is CCCNc1ccccc1S(=O)(=O)NCC1CCSCC1. The molecule has 0 unspecified atom stereocenters. The van der Waals surface area contributed by atoms with Crippen LogP contribution in [0, 0.1) is 5.92 Å². The van der Waals surface area contributed by atoms with Gasteiger partial charge in [-0.25, -0.2) is 13.1 Å². The van der Waals surface area contributed by atoms with Crippen molar-refractivity contribution in [2.45, 2.75) is 31.1 Å². The van der Waals surface area contributed by atoms with Gasteiger partial charge in [-0.3, -0.25) is 0 Å². The third-order valence-electron chi connectivity index (χ3n) is 3.64. The molecule has 1 saturated heterocycles. The average Bonchev–Trinajstić information content (AvgIpc) is 2.52. The number of benzene rings is 1. The minimum Gasteiger partial charge on any atom is -0.384 e. The Labute approximate surface area is 132 Å². The van der Waals surface area contributed by atoms with Crippen LogP contribution in [-0.4, -0.2) is 33.0 Å². The molecule has 1 aliphatic rings. The Morgan fingerprint density at radius 1 is 1.24 bits per heavy atom. The highest BCUT2D eigenvalue weighted by atomic mass is 32.2. The van der Waals surface area contributed by atoms with E-state index in [-0.39, 0.29) is 0 Å². The molecule has 0 radical (unpaired) electrons. The number of hydrogen-bond acceptors (Lipinski definition) is 4. The van der Waals surface area contributed by atoms with Gasteiger partial charge in [-0.15, -0.1) is 0 Å². The maximum absolute atomic E-state index is 12.5. The monoisotopic (exact) mass is 328 g/mol. The zero-order valence-electron chi connectivity index (χ0n) is 12.5. The third-order valence-corrected chi connectivity index (χ3v) is 6.18. The lowest BCUT2D eigenvalue weighted by molar-refractivity contribution is 0.477. The van der Waals surface area contributed by atoms with E-state index in [1.165, 1.54) is 0 Å². The fourth-order valence-corrected chi connectivity index (χ4v) is 4.86. The smallest absolute Gasteiger partial charge is 0.242 e. The highest BCUT2D eigenvalue weighted by Gasteiger charge is 2.21. The van der Waals surface area contributed by atoms with Crippen molar-refractivity contribution >= 4 is 27.5 Å². The second-order valence-electron chi connectivity index (χ2n) is 5.33. The van der Waals surface area contributed by atoms with Crippen LogP contribution in [0.2, 0.25) is 0 Å². The Balaban J connectivity index is 2.04. The van der Waals surface area contributed by atoms with Crippen molar-refractivity contribution in [2.75, 3.05) is 29.9 Å². The van der Waals surface area contributed by atoms with E-state index < -0.39 is 10.0 Å². The predicted octanol–water partition coefficient (Wildman–Crippen LogP) is 2.93. The van der Waals surface area contributed by atoms with Crippen LogP contribution < -0.4 is 10.0 Å². The Hall–Kier alpha value is -0.720. The first kappa shape index (κ1) is 16.6. The lowest BCUT2D eigenvalue weighted by Crippen LogP contribution is -2.31. The second kappa shape index (κ2) is 8.06. The van der Waals surface area contributed by atoms with Gasteiger partial charge in [0, 0.05) is 13.1 Å². The van der Waals surface area contributed by atoms with Gasteiger partial charge in [-0.05, 0) is 48.8 Å². The number of anilines is 1. The van der Waals surface area contributed by atoms with Crippen LogP contribution in [0.1, 0.15) is 26.2 Å². The fraction of sp³-hybridized carbons (Fsp3) is 0.600. The van der Waals surface area contributed by atoms with Crippen LogP contribution in [-0.2, 0) is 10.0 Å². The van der Waals surface area contributed by atoms with Gasteiger partial charge in [0.25, 0.3) is 0 Å². The first-order chi connectivity index (χ1) is 10.1. The maximum atomic E-state index is 12.5. The Bertz CT molecular complexity index is 540. The molecule has 0 bridgehead atoms. The lowest BCUT2D eigenvalue weighted by atomic mass is 10.0. The van der Waals surface area contributed by atoms with Crippen LogP contribution in [0.15, 0.2) is 29.2 Å². The molecule has 1 aliphatic heterocycles. The van der Waals surface area contributed by atoms with Gasteiger partial charge < -0.3 is 5.32 Å². The summed E-state index contributed by atoms with van der Waals surface area (Å²) in [5.41, 5.74) is 0.686. The summed E-state index contributed by atoms with van der Waals surface area (Å²) in [5.74, 6) is 2.75. The molecule has 1 aromatic rings. The summed E-state index contributed by atoms with van der Waals surface area (Å²) >= 11 is 1.95. The molecule has 118 valence electrons. The first-order valence-corrected chi connectivity index (χ1v) is 10.2. The van der Waals surface area contributed by atoms with Gasteiger partial charge in [0.15, 0.2) is 0 Å². The number of thioether (sulfide) groups is 1. The van der Waals surface area contributed by atoms with Crippen molar-refractivity contribution in [2.24, 2.45) is 5.92 Å². The fourth-order valence-electron chi connectivity index (χ4n) is 2.36.